The Kier molecular flexibility index (Phi) is 5.52. The van der Waals surface area contributed by atoms with E-state index in [1.807, 2.05) is 12.1 Å². The van der Waals surface area contributed by atoms with Gasteiger partial charge in [-0.05, 0) is 29.7 Å². The molecule has 0 saturated carbocycles. The molecule has 0 bridgehead atoms. The Balaban J connectivity index is 1.99. The molecule has 0 aromatic heterocycles. The predicted octanol–water partition coefficient (Wildman–Crippen LogP) is 2.18. The Morgan fingerprint density at radius 1 is 1.00 bits per heavy atom. The van der Waals surface area contributed by atoms with Crippen molar-refractivity contribution in [2.24, 2.45) is 0 Å². The van der Waals surface area contributed by atoms with E-state index in [0.29, 0.717) is 13.0 Å². The smallest absolute Gasteiger partial charge is 0.307 e. The van der Waals surface area contributed by atoms with Crippen molar-refractivity contribution in [2.45, 2.75) is 17.7 Å². The van der Waals surface area contributed by atoms with Crippen LogP contribution in [-0.4, -0.2) is 37.4 Å². The first kappa shape index (κ1) is 17.2. The maximum absolute atomic E-state index is 12.4. The van der Waals surface area contributed by atoms with E-state index in [1.165, 1.54) is 4.31 Å². The maximum Gasteiger partial charge on any atom is 0.307 e. The monoisotopic (exact) mass is 333 g/mol. The van der Waals surface area contributed by atoms with Gasteiger partial charge < -0.3 is 5.11 Å². The summed E-state index contributed by atoms with van der Waals surface area (Å²) in [6.45, 7) is 0.357. The molecule has 6 heteroatoms. The van der Waals surface area contributed by atoms with Gasteiger partial charge in [-0.15, -0.1) is 0 Å². The molecule has 122 valence electrons. The standard InChI is InChI=1S/C17H19NO4S/c1-18(23(21,22)16-5-3-2-4-6-16)12-11-14-7-9-15(10-8-14)13-17(19)20/h2-10H,11-13H2,1H3,(H,19,20). The number of benzene rings is 2. The second kappa shape index (κ2) is 7.39. The van der Waals surface area contributed by atoms with Crippen LogP contribution >= 0.6 is 0 Å². The van der Waals surface area contributed by atoms with Crippen LogP contribution in [0.25, 0.3) is 0 Å². The summed E-state index contributed by atoms with van der Waals surface area (Å²) in [5.41, 5.74) is 1.70. The second-order valence-electron chi connectivity index (χ2n) is 5.28. The zero-order chi connectivity index (χ0) is 16.9. The van der Waals surface area contributed by atoms with Crippen LogP contribution in [-0.2, 0) is 27.7 Å². The highest BCUT2D eigenvalue weighted by Crippen LogP contribution is 2.14. The molecule has 2 aromatic rings. The first-order chi connectivity index (χ1) is 10.9. The minimum absolute atomic E-state index is 0.0113. The van der Waals surface area contributed by atoms with Gasteiger partial charge in [-0.3, -0.25) is 4.79 Å². The van der Waals surface area contributed by atoms with Crippen molar-refractivity contribution in [3.63, 3.8) is 0 Å². The zero-order valence-electron chi connectivity index (χ0n) is 12.8. The van der Waals surface area contributed by atoms with Crippen LogP contribution in [0.4, 0.5) is 0 Å². The third-order valence-corrected chi connectivity index (χ3v) is 5.42. The largest absolute Gasteiger partial charge is 0.481 e. The maximum atomic E-state index is 12.4. The number of rotatable bonds is 7. The molecule has 5 nitrogen and oxygen atoms in total. The lowest BCUT2D eigenvalue weighted by Crippen LogP contribution is -2.29. The minimum atomic E-state index is -3.48. The first-order valence-electron chi connectivity index (χ1n) is 7.20. The van der Waals surface area contributed by atoms with Crippen LogP contribution < -0.4 is 0 Å². The van der Waals surface area contributed by atoms with Crippen LogP contribution in [0.15, 0.2) is 59.5 Å². The lowest BCUT2D eigenvalue weighted by molar-refractivity contribution is -0.136. The van der Waals surface area contributed by atoms with Crippen molar-refractivity contribution < 1.29 is 18.3 Å². The number of likely N-dealkylation sites (N-methyl/N-ethyl adjacent to an activating group) is 1. The lowest BCUT2D eigenvalue weighted by atomic mass is 10.1. The average Bonchev–Trinajstić information content (AvgIpc) is 2.54. The second-order valence-corrected chi connectivity index (χ2v) is 7.32. The molecule has 0 amide bonds. The van der Waals surface area contributed by atoms with Crippen molar-refractivity contribution in [1.29, 1.82) is 0 Å². The normalized spacial score (nSPS) is 11.6. The summed E-state index contributed by atoms with van der Waals surface area (Å²) >= 11 is 0. The molecule has 2 aromatic carbocycles. The van der Waals surface area contributed by atoms with Gasteiger partial charge in [0.15, 0.2) is 0 Å². The summed E-state index contributed by atoms with van der Waals surface area (Å²) in [4.78, 5) is 10.9. The number of aliphatic carboxylic acids is 1. The van der Waals surface area contributed by atoms with E-state index in [9.17, 15) is 13.2 Å². The summed E-state index contributed by atoms with van der Waals surface area (Å²) in [7, 11) is -1.92. The highest BCUT2D eigenvalue weighted by molar-refractivity contribution is 7.89. The van der Waals surface area contributed by atoms with E-state index in [4.69, 9.17) is 5.11 Å². The van der Waals surface area contributed by atoms with E-state index in [-0.39, 0.29) is 11.3 Å². The van der Waals surface area contributed by atoms with Crippen molar-refractivity contribution in [3.8, 4) is 0 Å². The fourth-order valence-corrected chi connectivity index (χ4v) is 3.37. The molecular formula is C17H19NO4S. The van der Waals surface area contributed by atoms with Gasteiger partial charge in [-0.2, -0.15) is 0 Å². The molecule has 0 spiro atoms. The topological polar surface area (TPSA) is 74.7 Å². The van der Waals surface area contributed by atoms with Crippen LogP contribution in [0, 0.1) is 0 Å². The number of carboxylic acids is 1. The summed E-state index contributed by atoms with van der Waals surface area (Å²) in [6, 6.07) is 15.5. The fraction of sp³-hybridized carbons (Fsp3) is 0.235. The number of hydrogen-bond donors (Lipinski definition) is 1. The van der Waals surface area contributed by atoms with E-state index in [2.05, 4.69) is 0 Å². The molecule has 0 aliphatic heterocycles. The molecule has 0 aliphatic rings. The number of hydrogen-bond acceptors (Lipinski definition) is 3. The first-order valence-corrected chi connectivity index (χ1v) is 8.64. The van der Waals surface area contributed by atoms with E-state index in [0.717, 1.165) is 11.1 Å². The van der Waals surface area contributed by atoms with Crippen LogP contribution in [0.5, 0.6) is 0 Å². The molecule has 0 saturated heterocycles. The van der Waals surface area contributed by atoms with Gasteiger partial charge in [-0.25, -0.2) is 12.7 Å². The van der Waals surface area contributed by atoms with E-state index >= 15 is 0 Å². The summed E-state index contributed by atoms with van der Waals surface area (Å²) in [6.07, 6.45) is 0.554. The minimum Gasteiger partial charge on any atom is -0.481 e. The molecular weight excluding hydrogens is 314 g/mol. The molecule has 0 fully saturated rings. The number of nitrogens with zero attached hydrogens (tertiary/aromatic N) is 1. The van der Waals surface area contributed by atoms with Gasteiger partial charge in [0.1, 0.15) is 0 Å². The van der Waals surface area contributed by atoms with Crippen LogP contribution in [0.1, 0.15) is 11.1 Å². The van der Waals surface area contributed by atoms with Gasteiger partial charge in [0, 0.05) is 13.6 Å². The van der Waals surface area contributed by atoms with Gasteiger partial charge in [0.25, 0.3) is 0 Å². The van der Waals surface area contributed by atoms with E-state index < -0.39 is 16.0 Å². The Labute approximate surface area is 136 Å². The highest BCUT2D eigenvalue weighted by atomic mass is 32.2. The van der Waals surface area contributed by atoms with Crippen LogP contribution in [0.3, 0.4) is 0 Å². The molecule has 0 unspecified atom stereocenters. The molecule has 2 rings (SSSR count). The van der Waals surface area contributed by atoms with E-state index in [1.54, 1.807) is 49.5 Å². The van der Waals surface area contributed by atoms with Crippen LogP contribution in [0.2, 0.25) is 0 Å². The van der Waals surface area contributed by atoms with Crippen molar-refractivity contribution in [2.75, 3.05) is 13.6 Å². The molecule has 1 N–H and O–H groups in total. The van der Waals surface area contributed by atoms with Crippen molar-refractivity contribution in [3.05, 3.63) is 65.7 Å². The molecule has 0 aliphatic carbocycles. The Hall–Kier alpha value is -2.18. The van der Waals surface area contributed by atoms with Crippen molar-refractivity contribution in [1.82, 2.24) is 4.31 Å². The average molecular weight is 333 g/mol. The molecule has 23 heavy (non-hydrogen) atoms. The predicted molar refractivity (Wildman–Crippen MR) is 87.7 cm³/mol. The fourth-order valence-electron chi connectivity index (χ4n) is 2.18. The number of carboxylic acid groups (broad SMARTS) is 1. The van der Waals surface area contributed by atoms with Crippen molar-refractivity contribution >= 4 is 16.0 Å². The summed E-state index contributed by atoms with van der Waals surface area (Å²) < 4.78 is 26.1. The molecule has 0 heterocycles. The Morgan fingerprint density at radius 3 is 2.13 bits per heavy atom. The summed E-state index contributed by atoms with van der Waals surface area (Å²) in [5.74, 6) is -0.869. The Bertz CT molecular complexity index is 755. The summed E-state index contributed by atoms with van der Waals surface area (Å²) in [5, 5.41) is 8.74. The SMILES string of the molecule is CN(CCc1ccc(CC(=O)O)cc1)S(=O)(=O)c1ccccc1. The highest BCUT2D eigenvalue weighted by Gasteiger charge is 2.19. The molecule has 0 atom stereocenters. The number of carbonyl (C=O) groups is 1. The number of sulfonamides is 1. The Morgan fingerprint density at radius 2 is 1.57 bits per heavy atom. The van der Waals surface area contributed by atoms with Gasteiger partial charge >= 0.3 is 5.97 Å². The van der Waals surface area contributed by atoms with Gasteiger partial charge in [0.05, 0.1) is 11.3 Å². The quantitative estimate of drug-likeness (QED) is 0.843. The zero-order valence-corrected chi connectivity index (χ0v) is 13.7. The van der Waals surface area contributed by atoms with Gasteiger partial charge in [-0.1, -0.05) is 42.5 Å². The molecule has 0 radical (unpaired) electrons. The third kappa shape index (κ3) is 4.64. The third-order valence-electron chi connectivity index (χ3n) is 3.55. The van der Waals surface area contributed by atoms with Gasteiger partial charge in [0.2, 0.25) is 10.0 Å². The lowest BCUT2D eigenvalue weighted by Gasteiger charge is -2.17.